The fourth-order valence-electron chi connectivity index (χ4n) is 1.58. The van der Waals surface area contributed by atoms with E-state index in [1.807, 2.05) is 0 Å². The van der Waals surface area contributed by atoms with Gasteiger partial charge >= 0.3 is 5.97 Å². The number of esters is 1. The molecule has 0 spiro atoms. The number of hydrogen-bond donors (Lipinski definition) is 0. The lowest BCUT2D eigenvalue weighted by Gasteiger charge is -2.01. The largest absolute Gasteiger partial charge is 0.461 e. The second-order valence-corrected chi connectivity index (χ2v) is 3.91. The summed E-state index contributed by atoms with van der Waals surface area (Å²) >= 11 is 0. The number of rotatable bonds is 4. The summed E-state index contributed by atoms with van der Waals surface area (Å²) in [6.45, 7) is 1.77. The number of carbonyl (C=O) groups is 1. The molecule has 0 saturated heterocycles. The first-order chi connectivity index (χ1) is 9.70. The molecule has 0 aliphatic heterocycles. The minimum atomic E-state index is -0.956. The van der Waals surface area contributed by atoms with E-state index in [-0.39, 0.29) is 6.61 Å². The summed E-state index contributed by atoms with van der Waals surface area (Å²) in [7, 11) is 0. The van der Waals surface area contributed by atoms with Crippen LogP contribution in [0.5, 0.6) is 0 Å². The number of halogens is 1. The summed E-state index contributed by atoms with van der Waals surface area (Å²) in [6.07, 6.45) is 4.43. The van der Waals surface area contributed by atoms with Gasteiger partial charge in [0, 0.05) is 18.0 Å². The van der Waals surface area contributed by atoms with Gasteiger partial charge in [-0.15, -0.1) is 0 Å². The topological polar surface area (TPSA) is 52.1 Å². The molecular weight excluding hydrogens is 259 g/mol. The van der Waals surface area contributed by atoms with Crippen LogP contribution in [-0.4, -0.2) is 22.5 Å². The van der Waals surface area contributed by atoms with Crippen LogP contribution in [-0.2, 0) is 9.53 Å². The van der Waals surface area contributed by atoms with Gasteiger partial charge in [0.15, 0.2) is 5.82 Å². The molecule has 0 atom stereocenters. The Balaban J connectivity index is 2.17. The molecule has 102 valence electrons. The lowest BCUT2D eigenvalue weighted by Crippen LogP contribution is -2.03. The van der Waals surface area contributed by atoms with Gasteiger partial charge < -0.3 is 4.74 Å². The van der Waals surface area contributed by atoms with Gasteiger partial charge in [0.1, 0.15) is 0 Å². The molecule has 0 bridgehead atoms. The van der Waals surface area contributed by atoms with Crippen molar-refractivity contribution in [3.8, 4) is 11.4 Å². The van der Waals surface area contributed by atoms with Gasteiger partial charge in [0.2, 0.25) is 5.83 Å². The lowest BCUT2D eigenvalue weighted by molar-refractivity contribution is -0.140. The van der Waals surface area contributed by atoms with Crippen molar-refractivity contribution >= 4 is 12.0 Å². The Labute approximate surface area is 116 Å². The summed E-state index contributed by atoms with van der Waals surface area (Å²) in [4.78, 5) is 19.4. The minimum Gasteiger partial charge on any atom is -0.461 e. The molecular formula is C15H13FN2O2. The number of benzene rings is 1. The van der Waals surface area contributed by atoms with Gasteiger partial charge in [-0.2, -0.15) is 4.39 Å². The maximum absolute atomic E-state index is 13.5. The van der Waals surface area contributed by atoms with Crippen molar-refractivity contribution < 1.29 is 13.9 Å². The van der Waals surface area contributed by atoms with Crippen LogP contribution in [0.1, 0.15) is 12.5 Å². The Kier molecular flexibility index (Phi) is 4.55. The van der Waals surface area contributed by atoms with Crippen molar-refractivity contribution in [2.24, 2.45) is 0 Å². The first-order valence-electron chi connectivity index (χ1n) is 6.12. The average Bonchev–Trinajstić information content (AvgIpc) is 2.49. The third-order valence-electron chi connectivity index (χ3n) is 2.50. The van der Waals surface area contributed by atoms with Gasteiger partial charge in [-0.3, -0.25) is 0 Å². The molecule has 0 unspecified atom stereocenters. The molecule has 5 heteroatoms. The Hall–Kier alpha value is -2.56. The molecule has 0 saturated carbocycles. The molecule has 4 nitrogen and oxygen atoms in total. The predicted molar refractivity (Wildman–Crippen MR) is 73.2 cm³/mol. The van der Waals surface area contributed by atoms with E-state index in [4.69, 9.17) is 0 Å². The molecule has 2 aromatic rings. The Morgan fingerprint density at radius 1 is 1.25 bits per heavy atom. The van der Waals surface area contributed by atoms with Crippen LogP contribution in [0.15, 0.2) is 48.6 Å². The van der Waals surface area contributed by atoms with Gasteiger partial charge in [0.05, 0.1) is 6.61 Å². The van der Waals surface area contributed by atoms with Crippen molar-refractivity contribution in [1.82, 2.24) is 9.97 Å². The van der Waals surface area contributed by atoms with E-state index >= 15 is 0 Å². The molecule has 20 heavy (non-hydrogen) atoms. The quantitative estimate of drug-likeness (QED) is 0.634. The molecule has 0 N–H and O–H groups in total. The van der Waals surface area contributed by atoms with E-state index in [1.54, 1.807) is 49.6 Å². The molecule has 0 aliphatic carbocycles. The highest BCUT2D eigenvalue weighted by Gasteiger charge is 2.09. The molecule has 1 aromatic heterocycles. The van der Waals surface area contributed by atoms with Crippen molar-refractivity contribution in [2.45, 2.75) is 6.92 Å². The monoisotopic (exact) mass is 272 g/mol. The van der Waals surface area contributed by atoms with Crippen LogP contribution < -0.4 is 0 Å². The van der Waals surface area contributed by atoms with E-state index in [9.17, 15) is 9.18 Å². The van der Waals surface area contributed by atoms with Gasteiger partial charge in [-0.05, 0) is 24.6 Å². The van der Waals surface area contributed by atoms with Crippen LogP contribution in [0.25, 0.3) is 17.5 Å². The number of aromatic nitrogens is 2. The fraction of sp³-hybridized carbons (Fsp3) is 0.133. The van der Waals surface area contributed by atoms with Crippen LogP contribution in [0.4, 0.5) is 4.39 Å². The smallest absolute Gasteiger partial charge is 0.367 e. The van der Waals surface area contributed by atoms with E-state index in [0.29, 0.717) is 11.4 Å². The van der Waals surface area contributed by atoms with Gasteiger partial charge in [0.25, 0.3) is 0 Å². The van der Waals surface area contributed by atoms with Crippen LogP contribution in [0.2, 0.25) is 0 Å². The molecule has 0 amide bonds. The Morgan fingerprint density at radius 2 is 1.90 bits per heavy atom. The molecule has 2 rings (SSSR count). The zero-order chi connectivity index (χ0) is 14.4. The molecule has 1 aromatic carbocycles. The van der Waals surface area contributed by atoms with Crippen molar-refractivity contribution in [3.05, 3.63) is 54.1 Å². The zero-order valence-corrected chi connectivity index (χ0v) is 10.9. The van der Waals surface area contributed by atoms with Crippen LogP contribution >= 0.6 is 0 Å². The van der Waals surface area contributed by atoms with Crippen LogP contribution in [0, 0.1) is 0 Å². The van der Waals surface area contributed by atoms with E-state index in [1.165, 1.54) is 0 Å². The first-order valence-corrected chi connectivity index (χ1v) is 6.12. The lowest BCUT2D eigenvalue weighted by atomic mass is 10.1. The Bertz CT molecular complexity index is 610. The van der Waals surface area contributed by atoms with E-state index < -0.39 is 11.8 Å². The first kappa shape index (κ1) is 13.9. The van der Waals surface area contributed by atoms with Crippen molar-refractivity contribution in [1.29, 1.82) is 0 Å². The molecule has 0 radical (unpaired) electrons. The molecule has 0 aliphatic rings. The third kappa shape index (κ3) is 3.47. The maximum Gasteiger partial charge on any atom is 0.367 e. The highest BCUT2D eigenvalue weighted by Crippen LogP contribution is 2.17. The standard InChI is InChI=1S/C15H13FN2O2/c1-2-20-15(19)13(16)10-11-4-6-12(7-5-11)14-17-8-3-9-18-14/h3-10H,2H2,1H3/b13-10+. The van der Waals surface area contributed by atoms with Gasteiger partial charge in [-0.25, -0.2) is 14.8 Å². The van der Waals surface area contributed by atoms with Crippen molar-refractivity contribution in [3.63, 3.8) is 0 Å². The highest BCUT2D eigenvalue weighted by atomic mass is 19.1. The minimum absolute atomic E-state index is 0.143. The van der Waals surface area contributed by atoms with E-state index in [2.05, 4.69) is 14.7 Å². The molecule has 0 fully saturated rings. The number of carbonyl (C=O) groups excluding carboxylic acids is 1. The van der Waals surface area contributed by atoms with Gasteiger partial charge in [-0.1, -0.05) is 24.3 Å². The van der Waals surface area contributed by atoms with E-state index in [0.717, 1.165) is 11.6 Å². The third-order valence-corrected chi connectivity index (χ3v) is 2.50. The fourth-order valence-corrected chi connectivity index (χ4v) is 1.58. The number of nitrogens with zero attached hydrogens (tertiary/aromatic N) is 2. The van der Waals surface area contributed by atoms with Crippen LogP contribution in [0.3, 0.4) is 0 Å². The number of ether oxygens (including phenoxy) is 1. The number of hydrogen-bond acceptors (Lipinski definition) is 4. The highest BCUT2D eigenvalue weighted by molar-refractivity contribution is 5.91. The zero-order valence-electron chi connectivity index (χ0n) is 10.9. The summed E-state index contributed by atoms with van der Waals surface area (Å²) in [5.41, 5.74) is 1.38. The molecule has 1 heterocycles. The summed E-state index contributed by atoms with van der Waals surface area (Å²) in [6, 6.07) is 8.63. The maximum atomic E-state index is 13.5. The second-order valence-electron chi connectivity index (χ2n) is 3.91. The second kappa shape index (κ2) is 6.56. The summed E-state index contributed by atoms with van der Waals surface area (Å²) in [5.74, 6) is -1.28. The average molecular weight is 272 g/mol. The Morgan fingerprint density at radius 3 is 2.50 bits per heavy atom. The van der Waals surface area contributed by atoms with Crippen molar-refractivity contribution in [2.75, 3.05) is 6.61 Å². The normalized spacial score (nSPS) is 11.2. The summed E-state index contributed by atoms with van der Waals surface area (Å²) < 4.78 is 18.0. The predicted octanol–water partition coefficient (Wildman–Crippen LogP) is 3.02. The SMILES string of the molecule is CCOC(=O)/C(F)=C\c1ccc(-c2ncccn2)cc1. The summed E-state index contributed by atoms with van der Waals surface area (Å²) in [5, 5.41) is 0.